The lowest BCUT2D eigenvalue weighted by Crippen LogP contribution is -2.41. The van der Waals surface area contributed by atoms with Crippen molar-refractivity contribution in [3.8, 4) is 0 Å². The molecule has 0 aliphatic carbocycles. The molecule has 1 heterocycles. The second-order valence-corrected chi connectivity index (χ2v) is 11.0. The Morgan fingerprint density at radius 1 is 0.846 bits per heavy atom. The molecular formula is C22H30BO2Si. The van der Waals surface area contributed by atoms with Gasteiger partial charge in [-0.3, -0.25) is 0 Å². The maximum Gasteiger partial charge on any atom is 0.466 e. The van der Waals surface area contributed by atoms with E-state index in [0.717, 1.165) is 6.42 Å². The molecule has 1 saturated heterocycles. The van der Waals surface area contributed by atoms with Crippen molar-refractivity contribution in [3.05, 3.63) is 65.7 Å². The molecule has 0 saturated carbocycles. The summed E-state index contributed by atoms with van der Waals surface area (Å²) in [5.41, 5.74) is 2.08. The molecule has 1 radical (unpaired) electrons. The van der Waals surface area contributed by atoms with Gasteiger partial charge in [0.1, 0.15) is 0 Å². The van der Waals surface area contributed by atoms with Crippen molar-refractivity contribution in [1.82, 2.24) is 0 Å². The first-order valence-electron chi connectivity index (χ1n) is 9.50. The minimum absolute atomic E-state index is 0.189. The van der Waals surface area contributed by atoms with E-state index in [2.05, 4.69) is 95.4 Å². The first-order chi connectivity index (χ1) is 12.2. The Balaban J connectivity index is 2.01. The first-order valence-corrected chi connectivity index (χ1v) is 12.0. The van der Waals surface area contributed by atoms with Gasteiger partial charge in [-0.25, -0.2) is 0 Å². The lowest BCUT2D eigenvalue weighted by Gasteiger charge is -2.32. The van der Waals surface area contributed by atoms with Crippen molar-refractivity contribution in [3.63, 3.8) is 0 Å². The predicted octanol–water partition coefficient (Wildman–Crippen LogP) is 4.61. The van der Waals surface area contributed by atoms with Crippen molar-refractivity contribution < 1.29 is 9.31 Å². The van der Waals surface area contributed by atoms with Crippen LogP contribution in [0.4, 0.5) is 0 Å². The Kier molecular flexibility index (Phi) is 5.48. The molecule has 1 aliphatic rings. The second-order valence-electron chi connectivity index (χ2n) is 8.51. The quantitative estimate of drug-likeness (QED) is 0.721. The van der Waals surface area contributed by atoms with Crippen LogP contribution in [0.3, 0.4) is 0 Å². The SMILES string of the molecule is C[Si](C)c1ccccc1C(Cc1ccccc1)B1OC(C)(C)C(C)(C)O1. The molecule has 3 rings (SSSR count). The van der Waals surface area contributed by atoms with Crippen LogP contribution < -0.4 is 5.19 Å². The summed E-state index contributed by atoms with van der Waals surface area (Å²) in [5, 5.41) is 1.48. The Hall–Kier alpha value is -1.36. The topological polar surface area (TPSA) is 18.5 Å². The molecule has 0 spiro atoms. The molecule has 4 heteroatoms. The van der Waals surface area contributed by atoms with E-state index in [1.54, 1.807) is 0 Å². The standard InChI is InChI=1S/C22H30BO2Si/c1-21(2)22(3,4)25-23(24-21)19(16-17-12-8-7-9-13-17)18-14-10-11-15-20(18)26(5)6/h7-15,19H,16H2,1-6H3. The third kappa shape index (κ3) is 3.83. The van der Waals surface area contributed by atoms with Crippen molar-refractivity contribution in [2.45, 2.75) is 64.2 Å². The van der Waals surface area contributed by atoms with Gasteiger partial charge in [0.25, 0.3) is 0 Å². The molecule has 137 valence electrons. The molecule has 1 fully saturated rings. The second kappa shape index (κ2) is 7.34. The van der Waals surface area contributed by atoms with Crippen molar-refractivity contribution >= 4 is 21.1 Å². The molecule has 1 aliphatic heterocycles. The van der Waals surface area contributed by atoms with Crippen LogP contribution in [0.1, 0.15) is 44.6 Å². The van der Waals surface area contributed by atoms with Crippen LogP contribution in [0.5, 0.6) is 0 Å². The monoisotopic (exact) mass is 365 g/mol. The average Bonchev–Trinajstić information content (AvgIpc) is 2.81. The van der Waals surface area contributed by atoms with E-state index in [4.69, 9.17) is 9.31 Å². The summed E-state index contributed by atoms with van der Waals surface area (Å²) < 4.78 is 13.0. The Morgan fingerprint density at radius 2 is 1.38 bits per heavy atom. The fourth-order valence-corrected chi connectivity index (χ4v) is 4.83. The lowest BCUT2D eigenvalue weighted by atomic mass is 9.65. The number of hydrogen-bond donors (Lipinski definition) is 0. The van der Waals surface area contributed by atoms with E-state index in [0.29, 0.717) is 0 Å². The van der Waals surface area contributed by atoms with E-state index >= 15 is 0 Å². The average molecular weight is 365 g/mol. The van der Waals surface area contributed by atoms with Gasteiger partial charge in [-0.1, -0.05) is 72.9 Å². The summed E-state index contributed by atoms with van der Waals surface area (Å²) in [6.07, 6.45) is 0.920. The highest BCUT2D eigenvalue weighted by atomic mass is 28.3. The molecule has 0 amide bonds. The number of benzene rings is 2. The first kappa shape index (κ1) is 19.4. The minimum atomic E-state index is -0.574. The maximum atomic E-state index is 6.48. The largest absolute Gasteiger partial charge is 0.466 e. The minimum Gasteiger partial charge on any atom is -0.403 e. The fraction of sp³-hybridized carbons (Fsp3) is 0.455. The van der Waals surface area contributed by atoms with Crippen LogP contribution in [0.2, 0.25) is 13.1 Å². The fourth-order valence-electron chi connectivity index (χ4n) is 3.55. The van der Waals surface area contributed by atoms with E-state index < -0.39 is 8.80 Å². The summed E-state index contributed by atoms with van der Waals surface area (Å²) in [6, 6.07) is 19.5. The summed E-state index contributed by atoms with van der Waals surface area (Å²) in [5.74, 6) is 0.189. The van der Waals surface area contributed by atoms with Gasteiger partial charge in [-0.15, -0.1) is 0 Å². The number of hydrogen-bond acceptors (Lipinski definition) is 2. The van der Waals surface area contributed by atoms with E-state index in [1.165, 1.54) is 16.3 Å². The van der Waals surface area contributed by atoms with Crippen LogP contribution in [0.25, 0.3) is 0 Å². The highest BCUT2D eigenvalue weighted by Gasteiger charge is 2.54. The molecule has 0 N–H and O–H groups in total. The normalized spacial score (nSPS) is 19.7. The molecule has 0 bridgehead atoms. The predicted molar refractivity (Wildman–Crippen MR) is 113 cm³/mol. The van der Waals surface area contributed by atoms with Gasteiger partial charge in [0.2, 0.25) is 0 Å². The zero-order valence-corrected chi connectivity index (χ0v) is 17.9. The smallest absolute Gasteiger partial charge is 0.403 e. The summed E-state index contributed by atoms with van der Waals surface area (Å²) in [6.45, 7) is 13.2. The van der Waals surface area contributed by atoms with Gasteiger partial charge in [0, 0.05) is 5.82 Å². The summed E-state index contributed by atoms with van der Waals surface area (Å²) in [7, 11) is -0.808. The Labute approximate surface area is 160 Å². The van der Waals surface area contributed by atoms with Gasteiger partial charge in [-0.2, -0.15) is 0 Å². The van der Waals surface area contributed by atoms with Crippen LogP contribution in [-0.2, 0) is 15.7 Å². The lowest BCUT2D eigenvalue weighted by molar-refractivity contribution is 0.00578. The molecule has 2 aromatic carbocycles. The zero-order valence-electron chi connectivity index (χ0n) is 16.9. The molecule has 2 nitrogen and oxygen atoms in total. The zero-order chi connectivity index (χ0) is 18.9. The van der Waals surface area contributed by atoms with Gasteiger partial charge in [-0.05, 0) is 45.2 Å². The Morgan fingerprint density at radius 3 is 1.96 bits per heavy atom. The van der Waals surface area contributed by atoms with Crippen molar-refractivity contribution in [1.29, 1.82) is 0 Å². The highest BCUT2D eigenvalue weighted by Crippen LogP contribution is 2.41. The maximum absolute atomic E-state index is 6.48. The molecule has 2 aromatic rings. The van der Waals surface area contributed by atoms with Gasteiger partial charge < -0.3 is 9.31 Å². The van der Waals surface area contributed by atoms with Gasteiger partial charge in [0.15, 0.2) is 0 Å². The van der Waals surface area contributed by atoms with E-state index in [1.807, 2.05) is 0 Å². The Bertz CT molecular complexity index is 727. The highest BCUT2D eigenvalue weighted by molar-refractivity contribution is 6.71. The van der Waals surface area contributed by atoms with Gasteiger partial charge >= 0.3 is 7.12 Å². The molecule has 1 unspecified atom stereocenters. The molecule has 1 atom stereocenters. The van der Waals surface area contributed by atoms with Crippen LogP contribution >= 0.6 is 0 Å². The van der Waals surface area contributed by atoms with Crippen LogP contribution in [0.15, 0.2) is 54.6 Å². The molecule has 0 aromatic heterocycles. The van der Waals surface area contributed by atoms with Crippen molar-refractivity contribution in [2.75, 3.05) is 0 Å². The molecular weight excluding hydrogens is 335 g/mol. The summed E-state index contributed by atoms with van der Waals surface area (Å²) in [4.78, 5) is 0. The van der Waals surface area contributed by atoms with E-state index in [-0.39, 0.29) is 24.1 Å². The van der Waals surface area contributed by atoms with Crippen LogP contribution in [-0.4, -0.2) is 27.1 Å². The summed E-state index contributed by atoms with van der Waals surface area (Å²) >= 11 is 0. The molecule has 26 heavy (non-hydrogen) atoms. The van der Waals surface area contributed by atoms with Crippen molar-refractivity contribution in [2.24, 2.45) is 0 Å². The van der Waals surface area contributed by atoms with Gasteiger partial charge in [0.05, 0.1) is 20.0 Å². The third-order valence-electron chi connectivity index (χ3n) is 5.80. The van der Waals surface area contributed by atoms with Crippen LogP contribution in [0, 0.1) is 0 Å². The van der Waals surface area contributed by atoms with E-state index in [9.17, 15) is 0 Å². The third-order valence-corrected chi connectivity index (χ3v) is 7.33. The number of rotatable bonds is 5.